The fourth-order valence-corrected chi connectivity index (χ4v) is 5.75. The highest BCUT2D eigenvalue weighted by atomic mass is 35.5. The second kappa shape index (κ2) is 8.89. The van der Waals surface area contributed by atoms with Crippen LogP contribution in [0, 0.1) is 5.92 Å². The van der Waals surface area contributed by atoms with Crippen LogP contribution in [0.3, 0.4) is 0 Å². The smallest absolute Gasteiger partial charge is 0.322 e. The Morgan fingerprint density at radius 3 is 2.81 bits per heavy atom. The minimum Gasteiger partial charge on any atom is -0.322 e. The summed E-state index contributed by atoms with van der Waals surface area (Å²) in [4.78, 5) is 26.3. The Kier molecular flexibility index (Phi) is 6.18. The van der Waals surface area contributed by atoms with Crippen molar-refractivity contribution in [3.8, 4) is 11.4 Å². The van der Waals surface area contributed by atoms with Crippen LogP contribution in [-0.4, -0.2) is 41.9 Å². The minimum atomic E-state index is -3.83. The molecule has 1 fully saturated rings. The predicted molar refractivity (Wildman–Crippen MR) is 119 cm³/mol. The summed E-state index contributed by atoms with van der Waals surface area (Å²) in [5.74, 6) is -0.708. The zero-order valence-electron chi connectivity index (χ0n) is 17.2. The molecule has 9 nitrogen and oxygen atoms in total. The van der Waals surface area contributed by atoms with Crippen LogP contribution in [0.4, 0.5) is 5.69 Å². The fourth-order valence-electron chi connectivity index (χ4n) is 3.65. The Morgan fingerprint density at radius 2 is 2.09 bits per heavy atom. The van der Waals surface area contributed by atoms with Gasteiger partial charge in [-0.2, -0.15) is 4.31 Å². The molecule has 32 heavy (non-hydrogen) atoms. The monoisotopic (exact) mass is 476 g/mol. The second-order valence-corrected chi connectivity index (χ2v) is 10.0. The predicted octanol–water partition coefficient (Wildman–Crippen LogP) is 3.36. The molecule has 0 radical (unpaired) electrons. The lowest BCUT2D eigenvalue weighted by atomic mass is 10.0. The molecule has 1 saturated heterocycles. The highest BCUT2D eigenvalue weighted by molar-refractivity contribution is 7.89. The Hall–Kier alpha value is -2.95. The molecule has 1 unspecified atom stereocenters. The van der Waals surface area contributed by atoms with Crippen LogP contribution in [0.15, 0.2) is 56.7 Å². The lowest BCUT2D eigenvalue weighted by Gasteiger charge is -2.30. The van der Waals surface area contributed by atoms with E-state index in [0.717, 1.165) is 12.8 Å². The van der Waals surface area contributed by atoms with Crippen molar-refractivity contribution >= 4 is 33.2 Å². The number of aromatic amines is 1. The molecule has 1 aromatic heterocycles. The van der Waals surface area contributed by atoms with Crippen molar-refractivity contribution in [1.82, 2.24) is 14.4 Å². The second-order valence-electron chi connectivity index (χ2n) is 7.73. The van der Waals surface area contributed by atoms with Crippen molar-refractivity contribution in [3.63, 3.8) is 0 Å². The van der Waals surface area contributed by atoms with Crippen LogP contribution >= 0.6 is 11.6 Å². The Bertz CT molecular complexity index is 1320. The van der Waals surface area contributed by atoms with E-state index in [0.29, 0.717) is 24.3 Å². The van der Waals surface area contributed by atoms with E-state index in [-0.39, 0.29) is 27.2 Å². The van der Waals surface area contributed by atoms with E-state index in [1.165, 1.54) is 22.5 Å². The van der Waals surface area contributed by atoms with Crippen molar-refractivity contribution in [2.24, 2.45) is 5.92 Å². The van der Waals surface area contributed by atoms with E-state index in [2.05, 4.69) is 20.0 Å². The largest absolute Gasteiger partial charge is 0.439 e. The third-order valence-electron chi connectivity index (χ3n) is 5.27. The number of hydrogen-bond donors (Lipinski definition) is 2. The Morgan fingerprint density at radius 1 is 1.28 bits per heavy atom. The standard InChI is InChI=1S/C21H21ClN4O5S/c1-13-4-3-9-26(12-13)32(29,30)18-11-15(7-8-17(18)22)20(27)23-16-6-2-5-14(10-16)19-24-21(28)31-25-19/h2,5-8,10-11,13H,3-4,9,12H2,1H3,(H,23,27)(H,24,25,28). The highest BCUT2D eigenvalue weighted by Gasteiger charge is 2.31. The van der Waals surface area contributed by atoms with Gasteiger partial charge in [0.1, 0.15) is 4.90 Å². The number of nitrogens with one attached hydrogen (secondary N) is 2. The van der Waals surface area contributed by atoms with Crippen molar-refractivity contribution < 1.29 is 17.7 Å². The number of anilines is 1. The van der Waals surface area contributed by atoms with Crippen molar-refractivity contribution in [3.05, 3.63) is 63.6 Å². The maximum absolute atomic E-state index is 13.2. The van der Waals surface area contributed by atoms with E-state index in [1.807, 2.05) is 6.92 Å². The van der Waals surface area contributed by atoms with E-state index in [1.54, 1.807) is 24.3 Å². The minimum absolute atomic E-state index is 0.0664. The molecule has 1 atom stereocenters. The van der Waals surface area contributed by atoms with Gasteiger partial charge in [0, 0.05) is 29.9 Å². The number of sulfonamides is 1. The van der Waals surface area contributed by atoms with Gasteiger partial charge in [-0.15, -0.1) is 0 Å². The van der Waals surface area contributed by atoms with E-state index < -0.39 is 21.7 Å². The third kappa shape index (κ3) is 4.62. The molecular formula is C21H21ClN4O5S. The third-order valence-corrected chi connectivity index (χ3v) is 7.61. The Labute approximate surface area is 189 Å². The van der Waals surface area contributed by atoms with Gasteiger partial charge in [-0.1, -0.05) is 35.8 Å². The topological polar surface area (TPSA) is 125 Å². The maximum Gasteiger partial charge on any atom is 0.439 e. The highest BCUT2D eigenvalue weighted by Crippen LogP contribution is 2.29. The summed E-state index contributed by atoms with van der Waals surface area (Å²) in [7, 11) is -3.83. The van der Waals surface area contributed by atoms with Gasteiger partial charge < -0.3 is 5.32 Å². The van der Waals surface area contributed by atoms with E-state index in [9.17, 15) is 18.0 Å². The lowest BCUT2D eigenvalue weighted by molar-refractivity contribution is 0.102. The van der Waals surface area contributed by atoms with Crippen molar-refractivity contribution in [1.29, 1.82) is 0 Å². The number of piperidine rings is 1. The quantitative estimate of drug-likeness (QED) is 0.581. The number of halogens is 1. The normalized spacial score (nSPS) is 17.2. The molecule has 0 aliphatic carbocycles. The van der Waals surface area contributed by atoms with Gasteiger partial charge in [0.05, 0.1) is 5.02 Å². The number of nitrogens with zero attached hydrogens (tertiary/aromatic N) is 2. The summed E-state index contributed by atoms with van der Waals surface area (Å²) < 4.78 is 32.2. The van der Waals surface area contributed by atoms with Crippen LogP contribution < -0.4 is 11.1 Å². The van der Waals surface area contributed by atoms with Gasteiger partial charge in [-0.05, 0) is 49.1 Å². The summed E-state index contributed by atoms with van der Waals surface area (Å²) in [6.45, 7) is 2.86. The number of carbonyl (C=O) groups excluding carboxylic acids is 1. The first-order valence-corrected chi connectivity index (χ1v) is 11.8. The molecule has 0 bridgehead atoms. The summed E-state index contributed by atoms with van der Waals surface area (Å²) >= 11 is 6.21. The molecule has 168 valence electrons. The maximum atomic E-state index is 13.2. The van der Waals surface area contributed by atoms with E-state index >= 15 is 0 Å². The molecule has 0 saturated carbocycles. The molecule has 11 heteroatoms. The first-order valence-electron chi connectivity index (χ1n) is 10.0. The SMILES string of the molecule is CC1CCCN(S(=O)(=O)c2cc(C(=O)Nc3cccc(-c4noc(=O)[nH]4)c3)ccc2Cl)C1. The van der Waals surface area contributed by atoms with Gasteiger partial charge in [-0.3, -0.25) is 14.3 Å². The van der Waals surface area contributed by atoms with Gasteiger partial charge in [0.25, 0.3) is 5.91 Å². The molecular weight excluding hydrogens is 456 g/mol. The molecule has 1 amide bonds. The number of benzene rings is 2. The van der Waals surface area contributed by atoms with Crippen LogP contribution in [-0.2, 0) is 10.0 Å². The first-order chi connectivity index (χ1) is 15.2. The van der Waals surface area contributed by atoms with Crippen LogP contribution in [0.1, 0.15) is 30.1 Å². The number of aromatic nitrogens is 2. The molecule has 4 rings (SSSR count). The number of hydrogen-bond acceptors (Lipinski definition) is 6. The zero-order valence-corrected chi connectivity index (χ0v) is 18.7. The molecule has 2 heterocycles. The van der Waals surface area contributed by atoms with Crippen LogP contribution in [0.2, 0.25) is 5.02 Å². The summed E-state index contributed by atoms with van der Waals surface area (Å²) in [5, 5.41) is 6.41. The average Bonchev–Trinajstić information content (AvgIpc) is 3.20. The molecule has 1 aliphatic rings. The zero-order chi connectivity index (χ0) is 22.9. The van der Waals surface area contributed by atoms with Crippen LogP contribution in [0.25, 0.3) is 11.4 Å². The molecule has 1 aliphatic heterocycles. The first kappa shape index (κ1) is 22.3. The van der Waals surface area contributed by atoms with Gasteiger partial charge in [0.2, 0.25) is 10.0 Å². The molecule has 2 N–H and O–H groups in total. The summed E-state index contributed by atoms with van der Waals surface area (Å²) in [5.41, 5.74) is 1.12. The Balaban J connectivity index is 1.58. The van der Waals surface area contributed by atoms with Gasteiger partial charge in [0.15, 0.2) is 5.82 Å². The number of carbonyl (C=O) groups is 1. The summed E-state index contributed by atoms with van der Waals surface area (Å²) in [6.07, 6.45) is 1.76. The average molecular weight is 477 g/mol. The van der Waals surface area contributed by atoms with Gasteiger partial charge >= 0.3 is 5.76 Å². The number of H-pyrrole nitrogens is 1. The molecule has 2 aromatic carbocycles. The number of amides is 1. The van der Waals surface area contributed by atoms with Crippen LogP contribution in [0.5, 0.6) is 0 Å². The van der Waals surface area contributed by atoms with Crippen molar-refractivity contribution in [2.45, 2.75) is 24.7 Å². The lowest BCUT2D eigenvalue weighted by Crippen LogP contribution is -2.39. The number of rotatable bonds is 5. The van der Waals surface area contributed by atoms with Gasteiger partial charge in [-0.25, -0.2) is 13.2 Å². The molecule has 0 spiro atoms. The summed E-state index contributed by atoms with van der Waals surface area (Å²) in [6, 6.07) is 10.8. The van der Waals surface area contributed by atoms with E-state index in [4.69, 9.17) is 11.6 Å². The molecule has 3 aromatic rings. The fraction of sp³-hybridized carbons (Fsp3) is 0.286. The van der Waals surface area contributed by atoms with Crippen molar-refractivity contribution in [2.75, 3.05) is 18.4 Å².